The summed E-state index contributed by atoms with van der Waals surface area (Å²) in [6.45, 7) is 3.80. The van der Waals surface area contributed by atoms with Crippen LogP contribution >= 0.6 is 0 Å². The van der Waals surface area contributed by atoms with Gasteiger partial charge < -0.3 is 61.3 Å². The number of aromatic hydroxyl groups is 12. The highest BCUT2D eigenvalue weighted by Crippen LogP contribution is 2.64. The van der Waals surface area contributed by atoms with Crippen LogP contribution in [0, 0.1) is 0 Å². The van der Waals surface area contributed by atoms with Crippen LogP contribution in [-0.4, -0.2) is 84.4 Å². The lowest BCUT2D eigenvalue weighted by molar-refractivity contribution is 0.0998. The molecule has 0 aromatic heterocycles. The molecule has 0 radical (unpaired) electrons. The van der Waals surface area contributed by atoms with Gasteiger partial charge in [0.25, 0.3) is 0 Å². The summed E-state index contributed by atoms with van der Waals surface area (Å²) < 4.78 is 0. The maximum absolute atomic E-state index is 14.0. The summed E-state index contributed by atoms with van der Waals surface area (Å²) >= 11 is 0. The molecule has 0 saturated carbocycles. The van der Waals surface area contributed by atoms with Crippen LogP contribution in [-0.2, 0) is 0 Å². The number of hydrogen-bond acceptors (Lipinski definition) is 16. The van der Waals surface area contributed by atoms with E-state index in [1.54, 1.807) is 24.3 Å². The second-order valence-electron chi connectivity index (χ2n) is 18.6. The Morgan fingerprint density at radius 1 is 0.237 bits per heavy atom. The lowest BCUT2D eigenvalue weighted by Crippen LogP contribution is -2.17. The number of phenols is 12. The third-order valence-corrected chi connectivity index (χ3v) is 14.2. The van der Waals surface area contributed by atoms with Gasteiger partial charge in [-0.3, -0.25) is 19.2 Å². The fraction of sp³-hybridized carbons (Fsp3) is 0.133. The molecule has 0 spiro atoms. The predicted octanol–water partition coefficient (Wildman–Crippen LogP) is 10.00. The van der Waals surface area contributed by atoms with Crippen LogP contribution < -0.4 is 0 Å². The fourth-order valence-electron chi connectivity index (χ4n) is 11.0. The summed E-state index contributed by atoms with van der Waals surface area (Å²) in [4.78, 5) is 56.0. The molecule has 0 amide bonds. The third kappa shape index (κ3) is 7.68. The van der Waals surface area contributed by atoms with Crippen LogP contribution in [0.3, 0.4) is 0 Å². The summed E-state index contributed by atoms with van der Waals surface area (Å²) in [5.74, 6) is -25.9. The second-order valence-corrected chi connectivity index (χ2v) is 18.6. The maximum Gasteiger partial charge on any atom is 0.167 e. The van der Waals surface area contributed by atoms with Crippen LogP contribution in [0.5, 0.6) is 69.0 Å². The SMILES string of the molecule is CC(=O)c1c(O)c2c(O)c(c1O)C(c1ccccc1)c1c(O)c(C(C)=O)c(O)c(c1O)C(c1ccccc1)c1c(O)c(C(C)=O)c(O)c(c1O)C(c1ccccc1)c1c(O)c(C(C)=O)c(O)c(c1O)C2c1ccccc1. The van der Waals surface area contributed by atoms with Crippen molar-refractivity contribution in [2.75, 3.05) is 0 Å². The molecule has 1 aliphatic carbocycles. The molecule has 8 bridgehead atoms. The van der Waals surface area contributed by atoms with Crippen LogP contribution in [0.4, 0.5) is 0 Å². The number of carbonyl (C=O) groups excluding carboxylic acids is 4. The zero-order valence-electron chi connectivity index (χ0n) is 40.9. The molecule has 9 rings (SSSR count). The third-order valence-electron chi connectivity index (χ3n) is 14.2. The van der Waals surface area contributed by atoms with E-state index < -0.39 is 183 Å². The summed E-state index contributed by atoms with van der Waals surface area (Å²) in [6, 6.07) is 29.3. The zero-order valence-corrected chi connectivity index (χ0v) is 40.9. The highest BCUT2D eigenvalue weighted by Gasteiger charge is 2.46. The summed E-state index contributed by atoms with van der Waals surface area (Å²) in [6.07, 6.45) is 0. The lowest BCUT2D eigenvalue weighted by atomic mass is 9.71. The number of phenolic OH excluding ortho intramolecular Hbond substituents is 12. The quantitative estimate of drug-likeness (QED) is 0.0630. The predicted molar refractivity (Wildman–Crippen MR) is 275 cm³/mol. The van der Waals surface area contributed by atoms with Crippen molar-refractivity contribution < 1.29 is 80.5 Å². The minimum Gasteiger partial charge on any atom is -0.507 e. The van der Waals surface area contributed by atoms with E-state index in [0.717, 1.165) is 27.7 Å². The number of benzene rings is 8. The molecule has 8 aromatic rings. The van der Waals surface area contributed by atoms with Crippen molar-refractivity contribution in [3.63, 3.8) is 0 Å². The van der Waals surface area contributed by atoms with E-state index in [-0.39, 0.29) is 22.3 Å². The Labute approximate surface area is 432 Å². The maximum atomic E-state index is 14.0. The van der Waals surface area contributed by atoms with Gasteiger partial charge in [-0.1, -0.05) is 121 Å². The van der Waals surface area contributed by atoms with Gasteiger partial charge in [0.05, 0.1) is 0 Å². The van der Waals surface area contributed by atoms with Gasteiger partial charge in [-0.05, 0) is 49.9 Å². The summed E-state index contributed by atoms with van der Waals surface area (Å²) in [5.41, 5.74) is -9.83. The van der Waals surface area contributed by atoms with E-state index in [1.807, 2.05) is 0 Å². The first-order valence-electron chi connectivity index (χ1n) is 23.6. The number of hydrogen-bond donors (Lipinski definition) is 12. The van der Waals surface area contributed by atoms with E-state index in [9.17, 15) is 80.5 Å². The Kier molecular flexibility index (Phi) is 12.8. The standard InChI is InChI=1S/C60H48O16/c1-25(61)33-49(65)41-37(29-17-9-5-10-18-29)43-51(67)34(26(2)62)53(69)45(58(43)74)39(31-21-13-7-14-22-31)47-55(71)36(28(4)64)56(72)48(60(47)76)40(32-23-15-8-16-24-32)46-54(70)35(27(3)63)52(68)44(59(46)75)38(30-19-11-6-12-20-30)42(50(33)66)57(41)73/h5-24,37-40,65-76H,1-4H3. The van der Waals surface area contributed by atoms with Crippen LogP contribution in [0.25, 0.3) is 0 Å². The topological polar surface area (TPSA) is 311 Å². The number of rotatable bonds is 8. The van der Waals surface area contributed by atoms with Crippen molar-refractivity contribution in [1.82, 2.24) is 0 Å². The Morgan fingerprint density at radius 3 is 0.487 bits per heavy atom. The lowest BCUT2D eigenvalue weighted by Gasteiger charge is -2.33. The molecular weight excluding hydrogens is 977 g/mol. The molecule has 384 valence electrons. The number of Topliss-reactive ketones (excluding diaryl/α,β-unsaturated/α-hetero) is 4. The van der Waals surface area contributed by atoms with Crippen molar-refractivity contribution >= 4 is 23.1 Å². The van der Waals surface area contributed by atoms with Gasteiger partial charge >= 0.3 is 0 Å². The first kappa shape index (κ1) is 51.0. The highest BCUT2D eigenvalue weighted by atomic mass is 16.3. The van der Waals surface area contributed by atoms with Gasteiger partial charge in [0, 0.05) is 68.2 Å². The van der Waals surface area contributed by atoms with E-state index in [1.165, 1.54) is 97.1 Å². The van der Waals surface area contributed by atoms with Gasteiger partial charge in [0.15, 0.2) is 23.1 Å². The highest BCUT2D eigenvalue weighted by molar-refractivity contribution is 6.05. The molecule has 12 N–H and O–H groups in total. The molecule has 0 unspecified atom stereocenters. The van der Waals surface area contributed by atoms with Crippen molar-refractivity contribution in [2.45, 2.75) is 51.4 Å². The molecule has 0 fully saturated rings. The molecule has 0 aliphatic heterocycles. The molecule has 8 aromatic carbocycles. The molecule has 0 atom stereocenters. The monoisotopic (exact) mass is 1020 g/mol. The molecular formula is C60H48O16. The average molecular weight is 1030 g/mol. The number of carbonyl (C=O) groups is 4. The number of fused-ring (bicyclic) bond motifs is 8. The Balaban J connectivity index is 1.69. The summed E-state index contributed by atoms with van der Waals surface area (Å²) in [7, 11) is 0. The van der Waals surface area contributed by atoms with Gasteiger partial charge in [0.1, 0.15) is 91.2 Å². The average Bonchev–Trinajstić information content (AvgIpc) is 3.38. The van der Waals surface area contributed by atoms with Gasteiger partial charge in [-0.15, -0.1) is 0 Å². The Hall–Kier alpha value is -9.96. The molecule has 16 nitrogen and oxygen atoms in total. The van der Waals surface area contributed by atoms with E-state index >= 15 is 0 Å². The molecule has 0 heterocycles. The number of ketones is 4. The molecule has 1 aliphatic rings. The van der Waals surface area contributed by atoms with Gasteiger partial charge in [-0.2, -0.15) is 0 Å². The first-order valence-corrected chi connectivity index (χ1v) is 23.6. The van der Waals surface area contributed by atoms with Crippen molar-refractivity contribution in [2.24, 2.45) is 0 Å². The van der Waals surface area contributed by atoms with Crippen molar-refractivity contribution in [3.05, 3.63) is 210 Å². The normalized spacial score (nSPS) is 15.9. The smallest absolute Gasteiger partial charge is 0.167 e. The van der Waals surface area contributed by atoms with Crippen LogP contribution in [0.2, 0.25) is 0 Å². The first-order chi connectivity index (χ1) is 36.1. The fourth-order valence-corrected chi connectivity index (χ4v) is 11.0. The Bertz CT molecular complexity index is 3120. The largest absolute Gasteiger partial charge is 0.507 e. The zero-order chi connectivity index (χ0) is 54.9. The Morgan fingerprint density at radius 2 is 0.368 bits per heavy atom. The second kappa shape index (κ2) is 19.1. The van der Waals surface area contributed by atoms with E-state index in [0.29, 0.717) is 0 Å². The minimum absolute atomic E-state index is 0.0247. The molecule has 16 heteroatoms. The minimum atomic E-state index is -1.99. The van der Waals surface area contributed by atoms with Gasteiger partial charge in [-0.25, -0.2) is 0 Å². The molecule has 0 saturated heterocycles. The van der Waals surface area contributed by atoms with Gasteiger partial charge in [0.2, 0.25) is 0 Å². The van der Waals surface area contributed by atoms with E-state index in [4.69, 9.17) is 0 Å². The van der Waals surface area contributed by atoms with Crippen molar-refractivity contribution in [3.8, 4) is 69.0 Å². The summed E-state index contributed by atoms with van der Waals surface area (Å²) in [5, 5.41) is 153. The van der Waals surface area contributed by atoms with E-state index in [2.05, 4.69) is 0 Å². The molecule has 76 heavy (non-hydrogen) atoms. The van der Waals surface area contributed by atoms with Crippen molar-refractivity contribution in [1.29, 1.82) is 0 Å². The van der Waals surface area contributed by atoms with Crippen LogP contribution in [0.1, 0.15) is 160 Å². The van der Waals surface area contributed by atoms with Crippen LogP contribution in [0.15, 0.2) is 121 Å².